The van der Waals surface area contributed by atoms with E-state index >= 15 is 0 Å². The van der Waals surface area contributed by atoms with Crippen LogP contribution >= 0.6 is 0 Å². The highest BCUT2D eigenvalue weighted by Gasteiger charge is 2.23. The fourth-order valence-electron chi connectivity index (χ4n) is 3.76. The first-order valence-corrected chi connectivity index (χ1v) is 10.1. The van der Waals surface area contributed by atoms with E-state index < -0.39 is 11.9 Å². The van der Waals surface area contributed by atoms with E-state index in [0.29, 0.717) is 29.4 Å². The average molecular weight is 439 g/mol. The van der Waals surface area contributed by atoms with E-state index in [2.05, 4.69) is 11.9 Å². The molecular weight excluding hydrogens is 414 g/mol. The average Bonchev–Trinajstić information content (AvgIpc) is 3.41. The molecule has 0 spiro atoms. The van der Waals surface area contributed by atoms with Crippen LogP contribution in [0.15, 0.2) is 59.4 Å². The van der Waals surface area contributed by atoms with Crippen molar-refractivity contribution < 1.29 is 29.0 Å². The summed E-state index contributed by atoms with van der Waals surface area (Å²) in [5.41, 5.74) is 2.84. The lowest BCUT2D eigenvalue weighted by atomic mass is 9.89. The number of nitrogen functional groups attached to an aromatic ring is 1. The Hall–Kier alpha value is -3.85. The Bertz CT molecular complexity index is 1120. The summed E-state index contributed by atoms with van der Waals surface area (Å²) in [6, 6.07) is 9.11. The molecule has 0 amide bonds. The number of hydrogen-bond acceptors (Lipinski definition) is 6. The lowest BCUT2D eigenvalue weighted by Crippen LogP contribution is -2.29. The van der Waals surface area contributed by atoms with Crippen molar-refractivity contribution in [2.45, 2.75) is 18.8 Å². The van der Waals surface area contributed by atoms with Crippen molar-refractivity contribution in [1.82, 2.24) is 9.58 Å². The number of piperidine rings is 1. The third kappa shape index (κ3) is 5.44. The zero-order valence-electron chi connectivity index (χ0n) is 17.6. The molecule has 4 N–H and O–H groups in total. The summed E-state index contributed by atoms with van der Waals surface area (Å²) in [5, 5.41) is 16.7. The van der Waals surface area contributed by atoms with Gasteiger partial charge in [0.1, 0.15) is 0 Å². The van der Waals surface area contributed by atoms with E-state index in [0.717, 1.165) is 36.8 Å². The monoisotopic (exact) mass is 439 g/mol. The van der Waals surface area contributed by atoms with E-state index in [1.54, 1.807) is 16.8 Å². The number of aliphatic carboxylic acids is 2. The maximum absolute atomic E-state index is 12.6. The molecule has 1 aliphatic rings. The van der Waals surface area contributed by atoms with Crippen LogP contribution in [0.4, 0.5) is 0 Å². The first-order chi connectivity index (χ1) is 15.3. The van der Waals surface area contributed by atoms with Gasteiger partial charge in [0.05, 0.1) is 11.8 Å². The maximum Gasteiger partial charge on any atom is 0.328 e. The maximum atomic E-state index is 12.6. The number of ketones is 1. The van der Waals surface area contributed by atoms with Crippen molar-refractivity contribution >= 4 is 28.6 Å². The highest BCUT2D eigenvalue weighted by Crippen LogP contribution is 2.34. The molecule has 1 aromatic carbocycles. The first kappa shape index (κ1) is 22.8. The van der Waals surface area contributed by atoms with Crippen molar-refractivity contribution in [2.24, 2.45) is 0 Å². The number of carboxylic acid groups (broad SMARTS) is 2. The number of carbonyl (C=O) groups excluding carboxylic acids is 1. The van der Waals surface area contributed by atoms with Gasteiger partial charge in [0.15, 0.2) is 5.76 Å². The van der Waals surface area contributed by atoms with E-state index in [4.69, 9.17) is 20.5 Å². The number of carboxylic acids is 2. The lowest BCUT2D eigenvalue weighted by Gasteiger charge is -2.28. The largest absolute Gasteiger partial charge is 0.478 e. The summed E-state index contributed by atoms with van der Waals surface area (Å²) in [5.74, 6) is 4.38. The fraction of sp³-hybridized carbons (Fsp3) is 0.261. The number of benzene rings is 1. The van der Waals surface area contributed by atoms with Crippen molar-refractivity contribution in [2.75, 3.05) is 26.0 Å². The van der Waals surface area contributed by atoms with Crippen LogP contribution in [0.25, 0.3) is 10.9 Å². The predicted molar refractivity (Wildman–Crippen MR) is 118 cm³/mol. The van der Waals surface area contributed by atoms with Crippen LogP contribution in [-0.2, 0) is 9.59 Å². The van der Waals surface area contributed by atoms with Crippen molar-refractivity contribution in [3.8, 4) is 0 Å². The molecule has 9 nitrogen and oxygen atoms in total. The van der Waals surface area contributed by atoms with Gasteiger partial charge in [0.25, 0.3) is 0 Å². The molecule has 0 radical (unpaired) electrons. The van der Waals surface area contributed by atoms with Crippen LogP contribution in [0.5, 0.6) is 0 Å². The molecule has 0 atom stereocenters. The van der Waals surface area contributed by atoms with Crippen LogP contribution in [0.3, 0.4) is 0 Å². The standard InChI is InChI=1S/C19H21N3O2.C4H4O4/c1-21-8-6-13(7-9-21)16-12-22(20)17-5-4-14(11-15(16)17)19(23)18-3-2-10-24-18;5-3(6)1-2-4(7)8/h2-5,10-13H,6-9,20H2,1H3;1-2H,(H,5,6)(H,7,8)/b;2-1+. The van der Waals surface area contributed by atoms with E-state index in [-0.39, 0.29) is 5.78 Å². The van der Waals surface area contributed by atoms with Gasteiger partial charge in [0, 0.05) is 29.3 Å². The van der Waals surface area contributed by atoms with Crippen LogP contribution in [0, 0.1) is 0 Å². The normalized spacial score (nSPS) is 14.9. The summed E-state index contributed by atoms with van der Waals surface area (Å²) in [6.45, 7) is 2.18. The molecule has 0 bridgehead atoms. The van der Waals surface area contributed by atoms with Crippen LogP contribution in [0.2, 0.25) is 0 Å². The minimum Gasteiger partial charge on any atom is -0.478 e. The highest BCUT2D eigenvalue weighted by atomic mass is 16.4. The summed E-state index contributed by atoms with van der Waals surface area (Å²) in [7, 11) is 2.16. The molecule has 0 unspecified atom stereocenters. The van der Waals surface area contributed by atoms with Crippen LogP contribution < -0.4 is 5.84 Å². The summed E-state index contributed by atoms with van der Waals surface area (Å²) < 4.78 is 6.91. The van der Waals surface area contributed by atoms with Gasteiger partial charge in [0.2, 0.25) is 5.78 Å². The topological polar surface area (TPSA) is 139 Å². The van der Waals surface area contributed by atoms with Gasteiger partial charge in [-0.15, -0.1) is 0 Å². The van der Waals surface area contributed by atoms with Crippen molar-refractivity contribution in [3.05, 3.63) is 71.8 Å². The minimum atomic E-state index is -1.26. The molecule has 0 saturated carbocycles. The Kier molecular flexibility index (Phi) is 7.11. The Morgan fingerprint density at radius 2 is 1.75 bits per heavy atom. The molecule has 1 saturated heterocycles. The predicted octanol–water partition coefficient (Wildman–Crippen LogP) is 2.70. The quantitative estimate of drug-likeness (QED) is 0.313. The lowest BCUT2D eigenvalue weighted by molar-refractivity contribution is -0.134. The van der Waals surface area contributed by atoms with Crippen molar-refractivity contribution in [1.29, 1.82) is 0 Å². The van der Waals surface area contributed by atoms with Gasteiger partial charge in [-0.2, -0.15) is 0 Å². The Labute approximate surface area is 184 Å². The summed E-state index contributed by atoms with van der Waals surface area (Å²) >= 11 is 0. The van der Waals surface area contributed by atoms with E-state index in [1.807, 2.05) is 24.4 Å². The molecule has 1 fully saturated rings. The molecule has 9 heteroatoms. The number of furan rings is 1. The molecule has 4 rings (SSSR count). The van der Waals surface area contributed by atoms with Gasteiger partial charge in [-0.05, 0) is 74.8 Å². The van der Waals surface area contributed by atoms with E-state index in [1.165, 1.54) is 11.8 Å². The number of carbonyl (C=O) groups is 3. The van der Waals surface area contributed by atoms with Crippen LogP contribution in [0.1, 0.15) is 40.4 Å². The van der Waals surface area contributed by atoms with Gasteiger partial charge < -0.3 is 25.4 Å². The number of rotatable bonds is 5. The molecule has 2 aromatic heterocycles. The number of hydrogen-bond donors (Lipinski definition) is 3. The number of nitrogens with zero attached hydrogens (tertiary/aromatic N) is 2. The Morgan fingerprint density at radius 3 is 2.31 bits per heavy atom. The Balaban J connectivity index is 0.000000312. The third-order valence-electron chi connectivity index (χ3n) is 5.40. The summed E-state index contributed by atoms with van der Waals surface area (Å²) in [6.07, 6.45) is 6.89. The Morgan fingerprint density at radius 1 is 1.09 bits per heavy atom. The van der Waals surface area contributed by atoms with Crippen LogP contribution in [-0.4, -0.2) is 57.6 Å². The number of nitrogens with two attached hydrogens (primary N) is 1. The SMILES string of the molecule is CN1CCC(c2cn(N)c3ccc(C(=O)c4ccco4)cc23)CC1.O=C(O)/C=C/C(=O)O. The molecule has 168 valence electrons. The van der Waals surface area contributed by atoms with Gasteiger partial charge in [-0.3, -0.25) is 9.47 Å². The third-order valence-corrected chi connectivity index (χ3v) is 5.40. The van der Waals surface area contributed by atoms with Gasteiger partial charge in [-0.25, -0.2) is 9.59 Å². The van der Waals surface area contributed by atoms with Gasteiger partial charge >= 0.3 is 11.9 Å². The second-order valence-corrected chi connectivity index (χ2v) is 7.62. The molecular formula is C23H25N3O6. The number of fused-ring (bicyclic) bond motifs is 1. The molecule has 1 aliphatic heterocycles. The second kappa shape index (κ2) is 9.97. The van der Waals surface area contributed by atoms with E-state index in [9.17, 15) is 14.4 Å². The highest BCUT2D eigenvalue weighted by molar-refractivity contribution is 6.09. The summed E-state index contributed by atoms with van der Waals surface area (Å²) in [4.78, 5) is 34.0. The zero-order valence-corrected chi connectivity index (χ0v) is 17.6. The fourth-order valence-corrected chi connectivity index (χ4v) is 3.76. The smallest absolute Gasteiger partial charge is 0.328 e. The second-order valence-electron chi connectivity index (χ2n) is 7.62. The minimum absolute atomic E-state index is 0.0963. The molecule has 32 heavy (non-hydrogen) atoms. The van der Waals surface area contributed by atoms with Crippen molar-refractivity contribution in [3.63, 3.8) is 0 Å². The molecule has 0 aliphatic carbocycles. The zero-order chi connectivity index (χ0) is 23.3. The molecule has 3 aromatic rings. The van der Waals surface area contributed by atoms with Gasteiger partial charge in [-0.1, -0.05) is 0 Å². The number of likely N-dealkylation sites (tertiary alicyclic amines) is 1. The number of aromatic nitrogens is 1. The molecule has 3 heterocycles. The first-order valence-electron chi connectivity index (χ1n) is 10.1.